The zero-order chi connectivity index (χ0) is 16.8. The zero-order valence-electron chi connectivity index (χ0n) is 14.1. The standard InChI is InChI=1S/C19H23FN2O.CH4.ClH/c1-13(2)8-9-22-12-14-6-7-17(18(20)10-14)15-4-3-5-16(11-15)19(21)23;;/h3-7,10-11,13,22H,8-9,12H2,1-2H3,(H2,21,23);1H4;1H. The van der Waals surface area contributed by atoms with Gasteiger partial charge in [0.2, 0.25) is 5.91 Å². The second-order valence-corrected chi connectivity index (χ2v) is 6.22. The minimum atomic E-state index is -0.511. The van der Waals surface area contributed by atoms with E-state index >= 15 is 0 Å². The Morgan fingerprint density at radius 2 is 1.92 bits per heavy atom. The van der Waals surface area contributed by atoms with Crippen LogP contribution in [-0.2, 0) is 6.54 Å². The molecule has 0 saturated carbocycles. The molecule has 0 fully saturated rings. The van der Waals surface area contributed by atoms with Crippen molar-refractivity contribution in [3.63, 3.8) is 0 Å². The van der Waals surface area contributed by atoms with Gasteiger partial charge in [-0.15, -0.1) is 0 Å². The van der Waals surface area contributed by atoms with E-state index in [9.17, 15) is 9.18 Å². The Kier molecular flexibility index (Phi) is 10.0. The second kappa shape index (κ2) is 10.9. The predicted molar refractivity (Wildman–Crippen MR) is 97.0 cm³/mol. The first kappa shape index (κ1) is 23.1. The number of hydrogen-bond acceptors (Lipinski definition) is 1. The van der Waals surface area contributed by atoms with E-state index in [1.54, 1.807) is 36.4 Å². The van der Waals surface area contributed by atoms with Gasteiger partial charge < -0.3 is 23.5 Å². The molecule has 3 nitrogen and oxygen atoms in total. The third-order valence-corrected chi connectivity index (χ3v) is 3.82. The molecule has 4 N–H and O–H groups in total. The number of benzene rings is 2. The molecule has 0 saturated heterocycles. The molecule has 0 aliphatic carbocycles. The first-order valence-corrected chi connectivity index (χ1v) is 7.97. The number of nitrogens with two attached hydrogens (primary N) is 2. The Bertz CT molecular complexity index is 689. The molecule has 0 aromatic heterocycles. The highest BCUT2D eigenvalue weighted by molar-refractivity contribution is 5.94. The van der Waals surface area contributed by atoms with Crippen LogP contribution in [0.2, 0.25) is 0 Å². The van der Waals surface area contributed by atoms with Crippen LogP contribution in [0.1, 0.15) is 43.6 Å². The zero-order valence-corrected chi connectivity index (χ0v) is 14.8. The highest BCUT2D eigenvalue weighted by Crippen LogP contribution is 2.24. The lowest BCUT2D eigenvalue weighted by molar-refractivity contribution is -0.671. The van der Waals surface area contributed by atoms with Gasteiger partial charge in [0.1, 0.15) is 12.4 Å². The van der Waals surface area contributed by atoms with Gasteiger partial charge in [-0.05, 0) is 36.1 Å². The largest absolute Gasteiger partial charge is 1.00 e. The quantitative estimate of drug-likeness (QED) is 0.682. The average Bonchev–Trinajstić information content (AvgIpc) is 2.51. The molecule has 1 amide bonds. The summed E-state index contributed by atoms with van der Waals surface area (Å²) >= 11 is 0. The molecule has 0 atom stereocenters. The van der Waals surface area contributed by atoms with Crippen LogP contribution in [0.25, 0.3) is 11.1 Å². The number of primary amides is 1. The molecule has 2 aromatic carbocycles. The third kappa shape index (κ3) is 6.85. The van der Waals surface area contributed by atoms with Crippen LogP contribution < -0.4 is 23.5 Å². The summed E-state index contributed by atoms with van der Waals surface area (Å²) < 4.78 is 14.4. The van der Waals surface area contributed by atoms with Crippen molar-refractivity contribution in [2.45, 2.75) is 34.2 Å². The summed E-state index contributed by atoms with van der Waals surface area (Å²) in [5, 5.41) is 2.20. The first-order valence-electron chi connectivity index (χ1n) is 7.97. The Morgan fingerprint density at radius 3 is 2.52 bits per heavy atom. The summed E-state index contributed by atoms with van der Waals surface area (Å²) in [5.41, 5.74) is 7.76. The van der Waals surface area contributed by atoms with Gasteiger partial charge in [-0.2, -0.15) is 0 Å². The van der Waals surface area contributed by atoms with Crippen molar-refractivity contribution in [3.05, 3.63) is 59.4 Å². The second-order valence-electron chi connectivity index (χ2n) is 6.22. The lowest BCUT2D eigenvalue weighted by Gasteiger charge is -2.08. The number of halogens is 2. The monoisotopic (exact) mass is 366 g/mol. The van der Waals surface area contributed by atoms with Crippen molar-refractivity contribution >= 4 is 5.91 Å². The van der Waals surface area contributed by atoms with Gasteiger partial charge >= 0.3 is 0 Å². The van der Waals surface area contributed by atoms with Crippen molar-refractivity contribution in [2.24, 2.45) is 11.7 Å². The number of rotatable bonds is 7. The van der Waals surface area contributed by atoms with Crippen LogP contribution in [0.3, 0.4) is 0 Å². The molecule has 2 rings (SSSR count). The maximum absolute atomic E-state index is 14.4. The molecule has 5 heteroatoms. The number of hydrogen-bond donors (Lipinski definition) is 2. The fourth-order valence-corrected chi connectivity index (χ4v) is 2.48. The molecular weight excluding hydrogens is 339 g/mol. The van der Waals surface area contributed by atoms with Gasteiger partial charge in [0.15, 0.2) is 0 Å². The van der Waals surface area contributed by atoms with E-state index in [0.717, 1.165) is 25.1 Å². The Morgan fingerprint density at radius 1 is 1.20 bits per heavy atom. The van der Waals surface area contributed by atoms with Crippen LogP contribution in [0.4, 0.5) is 4.39 Å². The topological polar surface area (TPSA) is 59.7 Å². The molecule has 0 heterocycles. The van der Waals surface area contributed by atoms with Gasteiger partial charge in [0.05, 0.1) is 6.54 Å². The molecule has 0 radical (unpaired) electrons. The minimum absolute atomic E-state index is 0. The van der Waals surface area contributed by atoms with Gasteiger partial charge in [-0.25, -0.2) is 4.39 Å². The molecule has 25 heavy (non-hydrogen) atoms. The van der Waals surface area contributed by atoms with Crippen molar-refractivity contribution < 1.29 is 26.9 Å². The maximum Gasteiger partial charge on any atom is 0.248 e. The highest BCUT2D eigenvalue weighted by atomic mass is 35.5. The third-order valence-electron chi connectivity index (χ3n) is 3.82. The smallest absolute Gasteiger partial charge is 0.248 e. The predicted octanol–water partition coefficient (Wildman–Crippen LogP) is 0.341. The van der Waals surface area contributed by atoms with Gasteiger partial charge in [0, 0.05) is 16.7 Å². The van der Waals surface area contributed by atoms with E-state index in [0.29, 0.717) is 22.6 Å². The molecule has 138 valence electrons. The Labute approximate surface area is 156 Å². The molecule has 0 unspecified atom stereocenters. The van der Waals surface area contributed by atoms with Gasteiger partial charge in [0.25, 0.3) is 0 Å². The molecule has 0 spiro atoms. The molecule has 2 aromatic rings. The van der Waals surface area contributed by atoms with Crippen molar-refractivity contribution in [3.8, 4) is 11.1 Å². The summed E-state index contributed by atoms with van der Waals surface area (Å²) in [7, 11) is 0. The van der Waals surface area contributed by atoms with Crippen LogP contribution in [-0.4, -0.2) is 12.5 Å². The van der Waals surface area contributed by atoms with Crippen LogP contribution in [0.15, 0.2) is 42.5 Å². The normalized spacial score (nSPS) is 10.1. The SMILES string of the molecule is C.CC(C)CC[NH2+]Cc1ccc(-c2cccc(C(N)=O)c2)c(F)c1.[Cl-]. The van der Waals surface area contributed by atoms with E-state index in [1.165, 1.54) is 0 Å². The van der Waals surface area contributed by atoms with Crippen molar-refractivity contribution in [1.82, 2.24) is 0 Å². The van der Waals surface area contributed by atoms with Crippen LogP contribution in [0.5, 0.6) is 0 Å². The molecule has 0 bridgehead atoms. The number of amides is 1. The van der Waals surface area contributed by atoms with Crippen LogP contribution in [0, 0.1) is 11.7 Å². The number of quaternary nitrogens is 1. The lowest BCUT2D eigenvalue weighted by atomic mass is 10.0. The highest BCUT2D eigenvalue weighted by Gasteiger charge is 2.09. The summed E-state index contributed by atoms with van der Waals surface area (Å²) in [6.45, 7) is 6.21. The summed E-state index contributed by atoms with van der Waals surface area (Å²) in [4.78, 5) is 11.2. The van der Waals surface area contributed by atoms with E-state index in [1.807, 2.05) is 6.07 Å². The van der Waals surface area contributed by atoms with E-state index in [-0.39, 0.29) is 25.7 Å². The van der Waals surface area contributed by atoms with Gasteiger partial charge in [-0.1, -0.05) is 45.5 Å². The first-order chi connectivity index (χ1) is 11.0. The fourth-order valence-electron chi connectivity index (χ4n) is 2.48. The maximum atomic E-state index is 14.4. The van der Waals surface area contributed by atoms with Crippen molar-refractivity contribution in [2.75, 3.05) is 6.54 Å². The van der Waals surface area contributed by atoms with E-state index < -0.39 is 5.91 Å². The number of carbonyl (C=O) groups is 1. The lowest BCUT2D eigenvalue weighted by Crippen LogP contribution is -3.00. The summed E-state index contributed by atoms with van der Waals surface area (Å²) in [6, 6.07) is 12.0. The van der Waals surface area contributed by atoms with Gasteiger partial charge in [-0.3, -0.25) is 4.79 Å². The molecule has 0 aliphatic heterocycles. The van der Waals surface area contributed by atoms with E-state index in [2.05, 4.69) is 19.2 Å². The molecular formula is C20H28ClFN2O. The fraction of sp³-hybridized carbons (Fsp3) is 0.350. The van der Waals surface area contributed by atoms with Crippen LogP contribution >= 0.6 is 0 Å². The molecule has 0 aliphatic rings. The van der Waals surface area contributed by atoms with Crippen molar-refractivity contribution in [1.29, 1.82) is 0 Å². The van der Waals surface area contributed by atoms with E-state index in [4.69, 9.17) is 5.73 Å². The Balaban J connectivity index is 0.00000288. The average molecular weight is 367 g/mol. The summed E-state index contributed by atoms with van der Waals surface area (Å²) in [6.07, 6.45) is 1.15. The Hall–Kier alpha value is -1.91. The minimum Gasteiger partial charge on any atom is -1.00 e. The number of carbonyl (C=O) groups excluding carboxylic acids is 1. The summed E-state index contributed by atoms with van der Waals surface area (Å²) in [5.74, 6) is -0.104.